The molecular weight excluding hydrogens is 174 g/mol. The van der Waals surface area contributed by atoms with Gasteiger partial charge in [0.1, 0.15) is 0 Å². The lowest BCUT2D eigenvalue weighted by Gasteiger charge is -2.00. The first-order valence-corrected chi connectivity index (χ1v) is 4.29. The molecule has 13 heavy (non-hydrogen) atoms. The van der Waals surface area contributed by atoms with Gasteiger partial charge in [0.05, 0.1) is 0 Å². The fourth-order valence-corrected chi connectivity index (χ4v) is 1.14. The van der Waals surface area contributed by atoms with Gasteiger partial charge in [-0.05, 0) is 37.0 Å². The van der Waals surface area contributed by atoms with E-state index in [1.807, 2.05) is 0 Å². The predicted molar refractivity (Wildman–Crippen MR) is 46.4 cm³/mol. The van der Waals surface area contributed by atoms with Gasteiger partial charge in [0, 0.05) is 6.61 Å². The van der Waals surface area contributed by atoms with Gasteiger partial charge in [-0.15, -0.1) is 0 Å². The van der Waals surface area contributed by atoms with Crippen LogP contribution in [-0.4, -0.2) is 11.7 Å². The van der Waals surface area contributed by atoms with Crippen molar-refractivity contribution >= 4 is 0 Å². The van der Waals surface area contributed by atoms with Crippen LogP contribution < -0.4 is 0 Å². The van der Waals surface area contributed by atoms with Crippen LogP contribution in [0.25, 0.3) is 0 Å². The molecule has 1 rings (SSSR count). The third kappa shape index (κ3) is 3.11. The Hall–Kier alpha value is -0.960. The van der Waals surface area contributed by atoms with E-state index in [1.54, 1.807) is 6.07 Å². The van der Waals surface area contributed by atoms with Gasteiger partial charge < -0.3 is 5.11 Å². The van der Waals surface area contributed by atoms with E-state index in [4.69, 9.17) is 5.11 Å². The van der Waals surface area contributed by atoms with Crippen LogP contribution in [0.15, 0.2) is 18.2 Å². The molecule has 1 aromatic carbocycles. The largest absolute Gasteiger partial charge is 0.396 e. The summed E-state index contributed by atoms with van der Waals surface area (Å²) in [5, 5.41) is 8.51. The van der Waals surface area contributed by atoms with E-state index < -0.39 is 11.6 Å². The molecule has 1 N–H and O–H groups in total. The van der Waals surface area contributed by atoms with Crippen molar-refractivity contribution in [2.24, 2.45) is 0 Å². The summed E-state index contributed by atoms with van der Waals surface area (Å²) in [7, 11) is 0. The summed E-state index contributed by atoms with van der Waals surface area (Å²) in [6, 6.07) is 3.89. The van der Waals surface area contributed by atoms with Crippen molar-refractivity contribution in [2.45, 2.75) is 19.3 Å². The normalized spacial score (nSPS) is 10.4. The number of aryl methyl sites for hydroxylation is 1. The molecule has 0 radical (unpaired) electrons. The maximum absolute atomic E-state index is 12.7. The fraction of sp³-hybridized carbons (Fsp3) is 0.400. The predicted octanol–water partition coefficient (Wildman–Crippen LogP) is 2.28. The maximum atomic E-state index is 12.7. The van der Waals surface area contributed by atoms with E-state index >= 15 is 0 Å². The molecule has 0 amide bonds. The Kier molecular flexibility index (Phi) is 3.83. The third-order valence-electron chi connectivity index (χ3n) is 1.86. The van der Waals surface area contributed by atoms with Crippen LogP contribution in [-0.2, 0) is 6.42 Å². The van der Waals surface area contributed by atoms with E-state index in [2.05, 4.69) is 0 Å². The maximum Gasteiger partial charge on any atom is 0.159 e. The minimum Gasteiger partial charge on any atom is -0.396 e. The zero-order valence-corrected chi connectivity index (χ0v) is 7.26. The van der Waals surface area contributed by atoms with E-state index in [0.717, 1.165) is 18.1 Å². The minimum atomic E-state index is -0.814. The second kappa shape index (κ2) is 4.92. The Bertz CT molecular complexity index is 274. The van der Waals surface area contributed by atoms with Crippen molar-refractivity contribution in [3.05, 3.63) is 35.4 Å². The molecule has 3 heteroatoms. The number of benzene rings is 1. The van der Waals surface area contributed by atoms with Crippen molar-refractivity contribution in [1.82, 2.24) is 0 Å². The molecule has 0 spiro atoms. The van der Waals surface area contributed by atoms with E-state index in [9.17, 15) is 8.78 Å². The molecule has 0 fully saturated rings. The molecule has 0 saturated heterocycles. The van der Waals surface area contributed by atoms with Gasteiger partial charge in [-0.3, -0.25) is 0 Å². The number of unbranched alkanes of at least 4 members (excludes halogenated alkanes) is 1. The van der Waals surface area contributed by atoms with Crippen molar-refractivity contribution in [1.29, 1.82) is 0 Å². The summed E-state index contributed by atoms with van der Waals surface area (Å²) >= 11 is 0. The van der Waals surface area contributed by atoms with Gasteiger partial charge in [0.15, 0.2) is 11.6 Å². The van der Waals surface area contributed by atoms with Crippen molar-refractivity contribution in [2.75, 3.05) is 6.61 Å². The molecule has 0 bridgehead atoms. The molecule has 0 unspecified atom stereocenters. The van der Waals surface area contributed by atoms with E-state index in [1.165, 1.54) is 6.07 Å². The lowest BCUT2D eigenvalue weighted by atomic mass is 10.1. The molecule has 0 heterocycles. The van der Waals surface area contributed by atoms with Crippen LogP contribution in [0.1, 0.15) is 18.4 Å². The topological polar surface area (TPSA) is 20.2 Å². The molecule has 1 nitrogen and oxygen atoms in total. The van der Waals surface area contributed by atoms with Gasteiger partial charge in [-0.2, -0.15) is 0 Å². The quantitative estimate of drug-likeness (QED) is 0.715. The highest BCUT2D eigenvalue weighted by Crippen LogP contribution is 2.10. The summed E-state index contributed by atoms with van der Waals surface area (Å²) < 4.78 is 25.1. The van der Waals surface area contributed by atoms with Gasteiger partial charge in [0.25, 0.3) is 0 Å². The average Bonchev–Trinajstić information content (AvgIpc) is 2.12. The number of hydrogen-bond acceptors (Lipinski definition) is 1. The molecule has 0 aliphatic carbocycles. The molecule has 1 aromatic rings. The van der Waals surface area contributed by atoms with E-state index in [-0.39, 0.29) is 6.61 Å². The number of aliphatic hydroxyl groups excluding tert-OH is 1. The number of aliphatic hydroxyl groups is 1. The zero-order chi connectivity index (χ0) is 9.68. The summed E-state index contributed by atoms with van der Waals surface area (Å²) in [6.07, 6.45) is 2.17. The van der Waals surface area contributed by atoms with Crippen LogP contribution in [0, 0.1) is 11.6 Å². The summed E-state index contributed by atoms with van der Waals surface area (Å²) in [4.78, 5) is 0. The average molecular weight is 186 g/mol. The molecule has 0 aliphatic rings. The SMILES string of the molecule is OCCCCc1ccc(F)c(F)c1. The Morgan fingerprint density at radius 1 is 1.08 bits per heavy atom. The highest BCUT2D eigenvalue weighted by molar-refractivity contribution is 5.17. The highest BCUT2D eigenvalue weighted by atomic mass is 19.2. The van der Waals surface area contributed by atoms with Crippen molar-refractivity contribution < 1.29 is 13.9 Å². The zero-order valence-electron chi connectivity index (χ0n) is 7.26. The van der Waals surface area contributed by atoms with E-state index in [0.29, 0.717) is 12.8 Å². The van der Waals surface area contributed by atoms with Gasteiger partial charge >= 0.3 is 0 Å². The van der Waals surface area contributed by atoms with Crippen molar-refractivity contribution in [3.8, 4) is 0 Å². The lowest BCUT2D eigenvalue weighted by Crippen LogP contribution is -1.91. The first kappa shape index (κ1) is 10.1. The molecule has 0 atom stereocenters. The third-order valence-corrected chi connectivity index (χ3v) is 1.86. The first-order chi connectivity index (χ1) is 6.24. The van der Waals surface area contributed by atoms with Crippen LogP contribution in [0.5, 0.6) is 0 Å². The molecule has 0 aliphatic heterocycles. The second-order valence-electron chi connectivity index (χ2n) is 2.93. The minimum absolute atomic E-state index is 0.143. The molecule has 0 saturated carbocycles. The van der Waals surface area contributed by atoms with Crippen LogP contribution in [0.3, 0.4) is 0 Å². The monoisotopic (exact) mass is 186 g/mol. The Morgan fingerprint density at radius 2 is 1.85 bits per heavy atom. The van der Waals surface area contributed by atoms with Gasteiger partial charge in [-0.25, -0.2) is 8.78 Å². The van der Waals surface area contributed by atoms with Crippen LogP contribution >= 0.6 is 0 Å². The molecule has 72 valence electrons. The molecular formula is C10H12F2O. The van der Waals surface area contributed by atoms with Crippen molar-refractivity contribution in [3.63, 3.8) is 0 Å². The Labute approximate surface area is 76.0 Å². The second-order valence-corrected chi connectivity index (χ2v) is 2.93. The Balaban J connectivity index is 2.53. The first-order valence-electron chi connectivity index (χ1n) is 4.29. The smallest absolute Gasteiger partial charge is 0.159 e. The Morgan fingerprint density at radius 3 is 2.46 bits per heavy atom. The number of rotatable bonds is 4. The van der Waals surface area contributed by atoms with Crippen LogP contribution in [0.4, 0.5) is 8.78 Å². The number of hydrogen-bond donors (Lipinski definition) is 1. The van der Waals surface area contributed by atoms with Crippen LogP contribution in [0.2, 0.25) is 0 Å². The lowest BCUT2D eigenvalue weighted by molar-refractivity contribution is 0.284. The number of halogens is 2. The van der Waals surface area contributed by atoms with Gasteiger partial charge in [-0.1, -0.05) is 6.07 Å². The summed E-state index contributed by atoms with van der Waals surface area (Å²) in [5.74, 6) is -1.62. The summed E-state index contributed by atoms with van der Waals surface area (Å²) in [6.45, 7) is 0.143. The fourth-order valence-electron chi connectivity index (χ4n) is 1.14. The molecule has 0 aromatic heterocycles. The van der Waals surface area contributed by atoms with Gasteiger partial charge in [0.2, 0.25) is 0 Å². The standard InChI is InChI=1S/C10H12F2O/c11-9-5-4-8(7-10(9)12)3-1-2-6-13/h4-5,7,13H,1-3,6H2. The summed E-state index contributed by atoms with van der Waals surface area (Å²) in [5.41, 5.74) is 0.771. The highest BCUT2D eigenvalue weighted by Gasteiger charge is 2.01.